The van der Waals surface area contributed by atoms with Gasteiger partial charge in [0.2, 0.25) is 0 Å². The van der Waals surface area contributed by atoms with E-state index < -0.39 is 5.82 Å². The van der Waals surface area contributed by atoms with E-state index in [-0.39, 0.29) is 17.8 Å². The minimum Gasteiger partial charge on any atom is -0.294 e. The van der Waals surface area contributed by atoms with Crippen LogP contribution in [0.2, 0.25) is 0 Å². The number of hydrogen-bond donors (Lipinski definition) is 0. The molecule has 0 spiro atoms. The average Bonchev–Trinajstić information content (AvgIpc) is 2.86. The van der Waals surface area contributed by atoms with Gasteiger partial charge in [-0.25, -0.2) is 4.39 Å². The molecule has 106 valence electrons. The predicted octanol–water partition coefficient (Wildman–Crippen LogP) is 3.62. The molecule has 1 aromatic heterocycles. The van der Waals surface area contributed by atoms with Crippen molar-refractivity contribution in [3.8, 4) is 0 Å². The topological polar surface area (TPSA) is 34.9 Å². The maximum absolute atomic E-state index is 13.7. The third kappa shape index (κ3) is 2.44. The molecule has 0 saturated heterocycles. The van der Waals surface area contributed by atoms with Crippen molar-refractivity contribution in [2.45, 2.75) is 19.9 Å². The van der Waals surface area contributed by atoms with E-state index in [0.717, 1.165) is 17.4 Å². The second-order valence-corrected chi connectivity index (χ2v) is 4.86. The minimum atomic E-state index is -0.485. The van der Waals surface area contributed by atoms with Crippen LogP contribution in [-0.4, -0.2) is 15.6 Å². The van der Waals surface area contributed by atoms with Crippen molar-refractivity contribution in [3.63, 3.8) is 0 Å². The molecule has 3 aromatic rings. The van der Waals surface area contributed by atoms with Crippen LogP contribution in [0.4, 0.5) is 4.39 Å². The Morgan fingerprint density at radius 3 is 2.62 bits per heavy atom. The first kappa shape index (κ1) is 13.5. The van der Waals surface area contributed by atoms with Gasteiger partial charge in [0.25, 0.3) is 0 Å². The number of aryl methyl sites for hydroxylation is 1. The molecule has 0 bridgehead atoms. The van der Waals surface area contributed by atoms with E-state index in [9.17, 15) is 9.18 Å². The third-order valence-corrected chi connectivity index (χ3v) is 3.54. The SMILES string of the molecule is CCn1nc(CC(=O)c2ccccc2F)c2ccccc21. The Bertz CT molecular complexity index is 807. The molecule has 21 heavy (non-hydrogen) atoms. The summed E-state index contributed by atoms with van der Waals surface area (Å²) in [7, 11) is 0. The lowest BCUT2D eigenvalue weighted by Gasteiger charge is -2.01. The Morgan fingerprint density at radius 2 is 1.86 bits per heavy atom. The Hall–Kier alpha value is -2.49. The fourth-order valence-corrected chi connectivity index (χ4v) is 2.50. The van der Waals surface area contributed by atoms with Gasteiger partial charge < -0.3 is 0 Å². The average molecular weight is 282 g/mol. The van der Waals surface area contributed by atoms with E-state index in [1.165, 1.54) is 12.1 Å². The normalized spacial score (nSPS) is 11.0. The number of hydrogen-bond acceptors (Lipinski definition) is 2. The van der Waals surface area contributed by atoms with Gasteiger partial charge in [-0.05, 0) is 25.1 Å². The second-order valence-electron chi connectivity index (χ2n) is 4.86. The van der Waals surface area contributed by atoms with E-state index in [0.29, 0.717) is 5.69 Å². The number of ketones is 1. The van der Waals surface area contributed by atoms with Gasteiger partial charge in [0.15, 0.2) is 5.78 Å². The lowest BCUT2D eigenvalue weighted by atomic mass is 10.0. The molecule has 1 heterocycles. The molecule has 0 unspecified atom stereocenters. The van der Waals surface area contributed by atoms with Crippen molar-refractivity contribution < 1.29 is 9.18 Å². The highest BCUT2D eigenvalue weighted by Gasteiger charge is 2.16. The highest BCUT2D eigenvalue weighted by atomic mass is 19.1. The fraction of sp³-hybridized carbons (Fsp3) is 0.176. The molecule has 4 heteroatoms. The molecule has 0 aliphatic heterocycles. The van der Waals surface area contributed by atoms with Crippen molar-refractivity contribution in [3.05, 3.63) is 65.6 Å². The monoisotopic (exact) mass is 282 g/mol. The molecule has 0 aliphatic carbocycles. The van der Waals surface area contributed by atoms with Crippen molar-refractivity contribution >= 4 is 16.7 Å². The molecule has 0 radical (unpaired) electrons. The smallest absolute Gasteiger partial charge is 0.171 e. The first-order valence-electron chi connectivity index (χ1n) is 6.93. The van der Waals surface area contributed by atoms with Crippen molar-refractivity contribution in [2.75, 3.05) is 0 Å². The molecule has 0 saturated carbocycles. The van der Waals surface area contributed by atoms with Crippen LogP contribution in [0.15, 0.2) is 48.5 Å². The van der Waals surface area contributed by atoms with Gasteiger partial charge in [-0.15, -0.1) is 0 Å². The van der Waals surface area contributed by atoms with Crippen LogP contribution in [-0.2, 0) is 13.0 Å². The number of para-hydroxylation sites is 1. The first-order chi connectivity index (χ1) is 10.2. The number of benzene rings is 2. The van der Waals surface area contributed by atoms with Crippen LogP contribution >= 0.6 is 0 Å². The molecular formula is C17H15FN2O. The van der Waals surface area contributed by atoms with Gasteiger partial charge >= 0.3 is 0 Å². The molecular weight excluding hydrogens is 267 g/mol. The molecule has 3 nitrogen and oxygen atoms in total. The van der Waals surface area contributed by atoms with Crippen molar-refractivity contribution in [2.24, 2.45) is 0 Å². The van der Waals surface area contributed by atoms with Gasteiger partial charge in [-0.3, -0.25) is 9.48 Å². The number of halogens is 1. The summed E-state index contributed by atoms with van der Waals surface area (Å²) in [5.41, 5.74) is 1.81. The number of carbonyl (C=O) groups is 1. The van der Waals surface area contributed by atoms with E-state index >= 15 is 0 Å². The highest BCUT2D eigenvalue weighted by Crippen LogP contribution is 2.20. The summed E-state index contributed by atoms with van der Waals surface area (Å²) in [5.74, 6) is -0.735. The number of rotatable bonds is 4. The van der Waals surface area contributed by atoms with Crippen LogP contribution in [0.5, 0.6) is 0 Å². The molecule has 0 N–H and O–H groups in total. The van der Waals surface area contributed by atoms with Crippen LogP contribution in [0.25, 0.3) is 10.9 Å². The number of aromatic nitrogens is 2. The zero-order valence-corrected chi connectivity index (χ0v) is 11.7. The maximum atomic E-state index is 13.7. The Morgan fingerprint density at radius 1 is 1.14 bits per heavy atom. The maximum Gasteiger partial charge on any atom is 0.171 e. The van der Waals surface area contributed by atoms with Gasteiger partial charge in [0, 0.05) is 11.9 Å². The predicted molar refractivity (Wildman–Crippen MR) is 79.8 cm³/mol. The molecule has 3 rings (SSSR count). The van der Waals surface area contributed by atoms with Gasteiger partial charge in [-0.2, -0.15) is 5.10 Å². The van der Waals surface area contributed by atoms with E-state index in [4.69, 9.17) is 0 Å². The summed E-state index contributed by atoms with van der Waals surface area (Å²) in [6.07, 6.45) is 0.106. The lowest BCUT2D eigenvalue weighted by Crippen LogP contribution is -2.07. The van der Waals surface area contributed by atoms with Crippen LogP contribution in [0.3, 0.4) is 0 Å². The van der Waals surface area contributed by atoms with Gasteiger partial charge in [0.05, 0.1) is 23.2 Å². The first-order valence-corrected chi connectivity index (χ1v) is 6.93. The Labute approximate surface area is 122 Å². The molecule has 0 atom stereocenters. The van der Waals surface area contributed by atoms with Crippen LogP contribution < -0.4 is 0 Å². The number of Topliss-reactive ketones (excluding diaryl/α,β-unsaturated/α-hetero) is 1. The standard InChI is InChI=1S/C17H15FN2O/c1-2-20-16-10-6-4-8-13(16)15(19-20)11-17(21)12-7-3-5-9-14(12)18/h3-10H,2,11H2,1H3. The summed E-state index contributed by atoms with van der Waals surface area (Å²) < 4.78 is 15.5. The highest BCUT2D eigenvalue weighted by molar-refractivity contribution is 5.99. The summed E-state index contributed by atoms with van der Waals surface area (Å²) in [4.78, 5) is 12.3. The Balaban J connectivity index is 1.99. The van der Waals surface area contributed by atoms with E-state index in [1.807, 2.05) is 35.9 Å². The largest absolute Gasteiger partial charge is 0.294 e. The fourth-order valence-electron chi connectivity index (χ4n) is 2.50. The van der Waals surface area contributed by atoms with E-state index in [2.05, 4.69) is 5.10 Å². The molecule has 2 aromatic carbocycles. The number of nitrogens with zero attached hydrogens (tertiary/aromatic N) is 2. The van der Waals surface area contributed by atoms with Gasteiger partial charge in [0.1, 0.15) is 5.82 Å². The molecule has 0 fully saturated rings. The quantitative estimate of drug-likeness (QED) is 0.685. The van der Waals surface area contributed by atoms with Crippen molar-refractivity contribution in [1.82, 2.24) is 9.78 Å². The summed E-state index contributed by atoms with van der Waals surface area (Å²) in [6.45, 7) is 2.73. The summed E-state index contributed by atoms with van der Waals surface area (Å²) in [5, 5.41) is 5.42. The van der Waals surface area contributed by atoms with E-state index in [1.54, 1.807) is 12.1 Å². The number of carbonyl (C=O) groups excluding carboxylic acids is 1. The van der Waals surface area contributed by atoms with Crippen LogP contribution in [0.1, 0.15) is 23.0 Å². The zero-order valence-electron chi connectivity index (χ0n) is 11.7. The van der Waals surface area contributed by atoms with Gasteiger partial charge in [-0.1, -0.05) is 30.3 Å². The second kappa shape index (κ2) is 5.48. The minimum absolute atomic E-state index is 0.106. The molecule has 0 aliphatic rings. The molecule has 0 amide bonds. The third-order valence-electron chi connectivity index (χ3n) is 3.54. The summed E-state index contributed by atoms with van der Waals surface area (Å²) in [6, 6.07) is 13.8. The number of fused-ring (bicyclic) bond motifs is 1. The Kier molecular flexibility index (Phi) is 3.52. The lowest BCUT2D eigenvalue weighted by molar-refractivity contribution is 0.0988. The zero-order chi connectivity index (χ0) is 14.8. The van der Waals surface area contributed by atoms with Crippen molar-refractivity contribution in [1.29, 1.82) is 0 Å². The van der Waals surface area contributed by atoms with Crippen LogP contribution in [0, 0.1) is 5.82 Å². The summed E-state index contributed by atoms with van der Waals surface area (Å²) >= 11 is 0.